The molecule has 17 heavy (non-hydrogen) atoms. The fraction of sp³-hybridized carbons (Fsp3) is 0.417. The number of amides is 1. The zero-order valence-corrected chi connectivity index (χ0v) is 10.8. The quantitative estimate of drug-likeness (QED) is 0.781. The van der Waals surface area contributed by atoms with Gasteiger partial charge in [0, 0.05) is 7.05 Å². The van der Waals surface area contributed by atoms with Gasteiger partial charge in [-0.2, -0.15) is 11.8 Å². The molecule has 0 saturated carbocycles. The van der Waals surface area contributed by atoms with Crippen molar-refractivity contribution in [3.8, 4) is 5.75 Å². The van der Waals surface area contributed by atoms with Gasteiger partial charge in [-0.25, -0.2) is 4.39 Å². The molecule has 3 nitrogen and oxygen atoms in total. The number of ether oxygens (including phenoxy) is 1. The molecule has 1 rings (SSSR count). The summed E-state index contributed by atoms with van der Waals surface area (Å²) in [6.45, 7) is 0.930. The van der Waals surface area contributed by atoms with Gasteiger partial charge in [-0.05, 0) is 30.5 Å². The first-order chi connectivity index (χ1) is 8.13. The first kappa shape index (κ1) is 13.8. The maximum atomic E-state index is 12.6. The molecule has 0 aliphatic heterocycles. The van der Waals surface area contributed by atoms with Gasteiger partial charge in [-0.1, -0.05) is 0 Å². The largest absolute Gasteiger partial charge is 0.492 e. The molecule has 0 atom stereocenters. The number of halogens is 1. The monoisotopic (exact) mass is 257 g/mol. The van der Waals surface area contributed by atoms with Crippen LogP contribution in [0.3, 0.4) is 0 Å². The minimum absolute atomic E-state index is 0.0835. The van der Waals surface area contributed by atoms with Gasteiger partial charge in [0.1, 0.15) is 18.2 Å². The summed E-state index contributed by atoms with van der Waals surface area (Å²) in [5.41, 5.74) is 0. The number of thioether (sulfide) groups is 1. The van der Waals surface area contributed by atoms with Crippen molar-refractivity contribution in [2.45, 2.75) is 0 Å². The van der Waals surface area contributed by atoms with Crippen LogP contribution >= 0.6 is 11.8 Å². The molecule has 1 aromatic rings. The maximum absolute atomic E-state index is 12.6. The molecule has 0 radical (unpaired) electrons. The molecule has 5 heteroatoms. The van der Waals surface area contributed by atoms with E-state index in [4.69, 9.17) is 4.74 Å². The lowest BCUT2D eigenvalue weighted by atomic mass is 10.3. The third-order valence-corrected chi connectivity index (χ3v) is 2.74. The highest BCUT2D eigenvalue weighted by atomic mass is 32.2. The van der Waals surface area contributed by atoms with Crippen LogP contribution in [0.1, 0.15) is 0 Å². The van der Waals surface area contributed by atoms with Gasteiger partial charge in [0.2, 0.25) is 5.91 Å². The fourth-order valence-electron chi connectivity index (χ4n) is 1.19. The summed E-state index contributed by atoms with van der Waals surface area (Å²) in [5, 5.41) is 0. The van der Waals surface area contributed by atoms with E-state index in [9.17, 15) is 9.18 Å². The number of carbonyl (C=O) groups is 1. The normalized spacial score (nSPS) is 10.1. The topological polar surface area (TPSA) is 29.5 Å². The third kappa shape index (κ3) is 5.08. The summed E-state index contributed by atoms with van der Waals surface area (Å²) in [5.74, 6) is 0.884. The summed E-state index contributed by atoms with van der Waals surface area (Å²) in [6.07, 6.45) is 1.89. The summed E-state index contributed by atoms with van der Waals surface area (Å²) in [7, 11) is 1.74. The Balaban J connectivity index is 2.27. The maximum Gasteiger partial charge on any atom is 0.232 e. The van der Waals surface area contributed by atoms with Crippen molar-refractivity contribution >= 4 is 17.7 Å². The van der Waals surface area contributed by atoms with Crippen LogP contribution in [0.25, 0.3) is 0 Å². The van der Waals surface area contributed by atoms with E-state index in [2.05, 4.69) is 0 Å². The number of hydrogen-bond acceptors (Lipinski definition) is 3. The molecular weight excluding hydrogens is 241 g/mol. The van der Waals surface area contributed by atoms with Crippen molar-refractivity contribution in [2.24, 2.45) is 0 Å². The predicted octanol–water partition coefficient (Wildman–Crippen LogP) is 2.03. The van der Waals surface area contributed by atoms with Gasteiger partial charge in [-0.15, -0.1) is 0 Å². The lowest BCUT2D eigenvalue weighted by Gasteiger charge is -2.16. The Morgan fingerprint density at radius 3 is 2.65 bits per heavy atom. The van der Waals surface area contributed by atoms with E-state index < -0.39 is 0 Å². The van der Waals surface area contributed by atoms with E-state index in [1.807, 2.05) is 6.26 Å². The van der Waals surface area contributed by atoms with Crippen molar-refractivity contribution < 1.29 is 13.9 Å². The summed E-state index contributed by atoms with van der Waals surface area (Å²) in [6, 6.07) is 5.83. The molecule has 94 valence electrons. The molecule has 0 heterocycles. The van der Waals surface area contributed by atoms with Crippen molar-refractivity contribution in [3.63, 3.8) is 0 Å². The Hall–Kier alpha value is -1.23. The Kier molecular flexibility index (Phi) is 5.83. The van der Waals surface area contributed by atoms with Crippen LogP contribution in [0.5, 0.6) is 5.75 Å². The Bertz CT molecular complexity index is 356. The van der Waals surface area contributed by atoms with Gasteiger partial charge in [0.25, 0.3) is 0 Å². The number of nitrogens with zero attached hydrogens (tertiary/aromatic N) is 1. The lowest BCUT2D eigenvalue weighted by molar-refractivity contribution is -0.127. The highest BCUT2D eigenvalue weighted by Crippen LogP contribution is 2.10. The SMILES string of the molecule is CSCC(=O)N(C)CCOc1ccc(F)cc1. The molecule has 0 aliphatic carbocycles. The molecule has 0 unspecified atom stereocenters. The van der Waals surface area contributed by atoms with Gasteiger partial charge in [0.15, 0.2) is 0 Å². The van der Waals surface area contributed by atoms with E-state index in [0.717, 1.165) is 0 Å². The summed E-state index contributed by atoms with van der Waals surface area (Å²) in [4.78, 5) is 13.1. The molecule has 0 aliphatic rings. The van der Waals surface area contributed by atoms with Crippen LogP contribution in [-0.2, 0) is 4.79 Å². The van der Waals surface area contributed by atoms with Crippen LogP contribution < -0.4 is 4.74 Å². The second-order valence-electron chi connectivity index (χ2n) is 3.55. The fourth-order valence-corrected chi connectivity index (χ4v) is 1.66. The van der Waals surface area contributed by atoms with E-state index in [1.54, 1.807) is 24.1 Å². The number of hydrogen-bond donors (Lipinski definition) is 0. The van der Waals surface area contributed by atoms with Gasteiger partial charge in [-0.3, -0.25) is 4.79 Å². The van der Waals surface area contributed by atoms with E-state index in [-0.39, 0.29) is 11.7 Å². The number of rotatable bonds is 6. The molecule has 0 fully saturated rings. The van der Waals surface area contributed by atoms with E-state index in [1.165, 1.54) is 23.9 Å². The van der Waals surface area contributed by atoms with Crippen molar-refractivity contribution in [1.82, 2.24) is 4.90 Å². The molecule has 1 amide bonds. The Morgan fingerprint density at radius 1 is 1.41 bits per heavy atom. The van der Waals surface area contributed by atoms with Crippen molar-refractivity contribution in [3.05, 3.63) is 30.1 Å². The second kappa shape index (κ2) is 7.17. The molecule has 0 bridgehead atoms. The number of carbonyl (C=O) groups excluding carboxylic acids is 1. The highest BCUT2D eigenvalue weighted by molar-refractivity contribution is 7.99. The average Bonchev–Trinajstić information content (AvgIpc) is 2.32. The minimum Gasteiger partial charge on any atom is -0.492 e. The predicted molar refractivity (Wildman–Crippen MR) is 67.9 cm³/mol. The van der Waals surface area contributed by atoms with Crippen LogP contribution in [-0.4, -0.2) is 43.0 Å². The zero-order valence-electron chi connectivity index (χ0n) is 9.98. The van der Waals surface area contributed by atoms with Gasteiger partial charge in [0.05, 0.1) is 12.3 Å². The Labute approximate surface area is 105 Å². The van der Waals surface area contributed by atoms with E-state index in [0.29, 0.717) is 24.7 Å². The third-order valence-electron chi connectivity index (χ3n) is 2.20. The van der Waals surface area contributed by atoms with E-state index >= 15 is 0 Å². The molecule has 0 N–H and O–H groups in total. The number of benzene rings is 1. The standard InChI is InChI=1S/C12H16FNO2S/c1-14(12(15)9-17-2)7-8-16-11-5-3-10(13)4-6-11/h3-6H,7-9H2,1-2H3. The molecule has 0 saturated heterocycles. The zero-order chi connectivity index (χ0) is 12.7. The Morgan fingerprint density at radius 2 is 2.06 bits per heavy atom. The first-order valence-electron chi connectivity index (χ1n) is 5.24. The molecule has 1 aromatic carbocycles. The molecule has 0 spiro atoms. The molecular formula is C12H16FNO2S. The first-order valence-corrected chi connectivity index (χ1v) is 6.64. The minimum atomic E-state index is -0.287. The van der Waals surface area contributed by atoms with Crippen LogP contribution in [0, 0.1) is 5.82 Å². The number of likely N-dealkylation sites (N-methyl/N-ethyl adjacent to an activating group) is 1. The van der Waals surface area contributed by atoms with Crippen LogP contribution in [0.4, 0.5) is 4.39 Å². The van der Waals surface area contributed by atoms with Gasteiger partial charge < -0.3 is 9.64 Å². The van der Waals surface area contributed by atoms with Crippen molar-refractivity contribution in [2.75, 3.05) is 32.2 Å². The van der Waals surface area contributed by atoms with Crippen LogP contribution in [0.2, 0.25) is 0 Å². The summed E-state index contributed by atoms with van der Waals surface area (Å²) < 4.78 is 18.0. The lowest BCUT2D eigenvalue weighted by Crippen LogP contribution is -2.32. The highest BCUT2D eigenvalue weighted by Gasteiger charge is 2.07. The van der Waals surface area contributed by atoms with Crippen LogP contribution in [0.15, 0.2) is 24.3 Å². The van der Waals surface area contributed by atoms with Gasteiger partial charge >= 0.3 is 0 Å². The average molecular weight is 257 g/mol. The second-order valence-corrected chi connectivity index (χ2v) is 4.42. The molecule has 0 aromatic heterocycles. The van der Waals surface area contributed by atoms with Crippen molar-refractivity contribution in [1.29, 1.82) is 0 Å². The smallest absolute Gasteiger partial charge is 0.232 e. The summed E-state index contributed by atoms with van der Waals surface area (Å²) >= 11 is 1.50.